The maximum absolute atomic E-state index is 12.1. The molecule has 2 aromatic rings. The van der Waals surface area contributed by atoms with Crippen LogP contribution in [0.2, 0.25) is 0 Å². The van der Waals surface area contributed by atoms with Crippen LogP contribution in [-0.2, 0) is 11.3 Å². The van der Waals surface area contributed by atoms with Crippen molar-refractivity contribution in [2.45, 2.75) is 20.4 Å². The van der Waals surface area contributed by atoms with Gasteiger partial charge in [-0.2, -0.15) is 5.10 Å². The van der Waals surface area contributed by atoms with Gasteiger partial charge in [0.05, 0.1) is 17.6 Å². The summed E-state index contributed by atoms with van der Waals surface area (Å²) in [5.41, 5.74) is 1.60. The summed E-state index contributed by atoms with van der Waals surface area (Å²) in [5, 5.41) is 16.9. The van der Waals surface area contributed by atoms with Crippen molar-refractivity contribution >= 4 is 28.6 Å². The lowest BCUT2D eigenvalue weighted by atomic mass is 10.2. The molecule has 2 rings (SSSR count). The molecule has 1 aromatic carbocycles. The first-order valence-electron chi connectivity index (χ1n) is 7.13. The Morgan fingerprint density at radius 2 is 2.18 bits per heavy atom. The van der Waals surface area contributed by atoms with E-state index < -0.39 is 11.9 Å². The SMILES string of the molecule is CCn1ncc2ccc(NC(=O)N(C)CC(C)C(=O)O)cc21. The Kier molecular flexibility index (Phi) is 4.65. The zero-order valence-corrected chi connectivity index (χ0v) is 12.9. The number of amides is 2. The number of aliphatic carboxylic acids is 1. The standard InChI is InChI=1S/C15H20N4O3/c1-4-19-13-7-12(6-5-11(13)8-16-19)17-15(22)18(3)9-10(2)14(20)21/h5-8,10H,4,9H2,1-3H3,(H,17,22)(H,20,21). The number of rotatable bonds is 5. The van der Waals surface area contributed by atoms with Crippen molar-refractivity contribution in [1.82, 2.24) is 14.7 Å². The van der Waals surface area contributed by atoms with Crippen LogP contribution in [0.5, 0.6) is 0 Å². The summed E-state index contributed by atoms with van der Waals surface area (Å²) < 4.78 is 1.85. The molecule has 0 aliphatic carbocycles. The molecule has 0 spiro atoms. The van der Waals surface area contributed by atoms with E-state index in [1.54, 1.807) is 26.2 Å². The van der Waals surface area contributed by atoms with Gasteiger partial charge in [0.1, 0.15) is 0 Å². The summed E-state index contributed by atoms with van der Waals surface area (Å²) in [6.45, 7) is 4.46. The summed E-state index contributed by atoms with van der Waals surface area (Å²) >= 11 is 0. The number of hydrogen-bond acceptors (Lipinski definition) is 3. The van der Waals surface area contributed by atoms with Crippen LogP contribution >= 0.6 is 0 Å². The van der Waals surface area contributed by atoms with Crippen molar-refractivity contribution in [2.75, 3.05) is 18.9 Å². The van der Waals surface area contributed by atoms with Gasteiger partial charge in [0.15, 0.2) is 0 Å². The number of carbonyl (C=O) groups is 2. The molecule has 2 amide bonds. The Morgan fingerprint density at radius 1 is 1.45 bits per heavy atom. The number of benzene rings is 1. The van der Waals surface area contributed by atoms with E-state index in [1.165, 1.54) is 4.90 Å². The number of carbonyl (C=O) groups excluding carboxylic acids is 1. The van der Waals surface area contributed by atoms with Crippen LogP contribution in [0.4, 0.5) is 10.5 Å². The summed E-state index contributed by atoms with van der Waals surface area (Å²) in [6, 6.07) is 5.22. The average molecular weight is 304 g/mol. The molecule has 1 aromatic heterocycles. The molecule has 118 valence electrons. The van der Waals surface area contributed by atoms with E-state index in [4.69, 9.17) is 5.11 Å². The first-order valence-corrected chi connectivity index (χ1v) is 7.13. The minimum atomic E-state index is -0.923. The zero-order valence-electron chi connectivity index (χ0n) is 12.9. The van der Waals surface area contributed by atoms with E-state index >= 15 is 0 Å². The number of aryl methyl sites for hydroxylation is 1. The molecular formula is C15H20N4O3. The molecule has 1 atom stereocenters. The molecule has 1 heterocycles. The molecule has 0 aliphatic rings. The van der Waals surface area contributed by atoms with Crippen LogP contribution in [0.25, 0.3) is 10.9 Å². The molecule has 7 nitrogen and oxygen atoms in total. The van der Waals surface area contributed by atoms with Crippen LogP contribution in [0.15, 0.2) is 24.4 Å². The predicted octanol–water partition coefficient (Wildman–Crippen LogP) is 2.24. The molecule has 0 bridgehead atoms. The van der Waals surface area contributed by atoms with E-state index in [1.807, 2.05) is 23.7 Å². The van der Waals surface area contributed by atoms with E-state index in [-0.39, 0.29) is 12.6 Å². The van der Waals surface area contributed by atoms with E-state index in [2.05, 4.69) is 10.4 Å². The molecule has 0 saturated carbocycles. The summed E-state index contributed by atoms with van der Waals surface area (Å²) in [7, 11) is 1.57. The van der Waals surface area contributed by atoms with Crippen molar-refractivity contribution in [3.8, 4) is 0 Å². The van der Waals surface area contributed by atoms with Gasteiger partial charge in [-0.15, -0.1) is 0 Å². The van der Waals surface area contributed by atoms with Gasteiger partial charge in [0.25, 0.3) is 0 Å². The third kappa shape index (κ3) is 3.36. The topological polar surface area (TPSA) is 87.5 Å². The van der Waals surface area contributed by atoms with Crippen molar-refractivity contribution in [1.29, 1.82) is 0 Å². The second kappa shape index (κ2) is 6.46. The quantitative estimate of drug-likeness (QED) is 0.886. The number of anilines is 1. The Hall–Kier alpha value is -2.57. The van der Waals surface area contributed by atoms with Crippen LogP contribution in [0.3, 0.4) is 0 Å². The lowest BCUT2D eigenvalue weighted by Crippen LogP contribution is -2.36. The highest BCUT2D eigenvalue weighted by molar-refractivity contribution is 5.92. The monoisotopic (exact) mass is 304 g/mol. The van der Waals surface area contributed by atoms with Crippen LogP contribution < -0.4 is 5.32 Å². The highest BCUT2D eigenvalue weighted by atomic mass is 16.4. The van der Waals surface area contributed by atoms with Crippen molar-refractivity contribution < 1.29 is 14.7 Å². The molecule has 0 radical (unpaired) electrons. The van der Waals surface area contributed by atoms with Crippen molar-refractivity contribution in [3.63, 3.8) is 0 Å². The third-order valence-electron chi connectivity index (χ3n) is 3.51. The smallest absolute Gasteiger partial charge is 0.321 e. The molecule has 0 saturated heterocycles. The Labute approximate surface area is 128 Å². The van der Waals surface area contributed by atoms with Crippen LogP contribution in [-0.4, -0.2) is 45.4 Å². The van der Waals surface area contributed by atoms with Gasteiger partial charge >= 0.3 is 12.0 Å². The number of carboxylic acid groups (broad SMARTS) is 1. The van der Waals surface area contributed by atoms with Gasteiger partial charge in [-0.25, -0.2) is 4.79 Å². The van der Waals surface area contributed by atoms with Gasteiger partial charge in [-0.1, -0.05) is 6.92 Å². The highest BCUT2D eigenvalue weighted by Gasteiger charge is 2.17. The normalized spacial score (nSPS) is 12.1. The van der Waals surface area contributed by atoms with Crippen molar-refractivity contribution in [3.05, 3.63) is 24.4 Å². The molecular weight excluding hydrogens is 284 g/mol. The Balaban J connectivity index is 2.09. The minimum absolute atomic E-state index is 0.149. The number of fused-ring (bicyclic) bond motifs is 1. The molecule has 1 unspecified atom stereocenters. The van der Waals surface area contributed by atoms with Crippen LogP contribution in [0.1, 0.15) is 13.8 Å². The molecule has 2 N–H and O–H groups in total. The summed E-state index contributed by atoms with van der Waals surface area (Å²) in [5.74, 6) is -1.53. The maximum Gasteiger partial charge on any atom is 0.321 e. The fourth-order valence-electron chi connectivity index (χ4n) is 2.19. The highest BCUT2D eigenvalue weighted by Crippen LogP contribution is 2.19. The third-order valence-corrected chi connectivity index (χ3v) is 3.51. The number of nitrogens with one attached hydrogen (secondary N) is 1. The average Bonchev–Trinajstić information content (AvgIpc) is 2.89. The fraction of sp³-hybridized carbons (Fsp3) is 0.400. The largest absolute Gasteiger partial charge is 0.481 e. The van der Waals surface area contributed by atoms with Gasteiger partial charge in [-0.05, 0) is 25.1 Å². The summed E-state index contributed by atoms with van der Waals surface area (Å²) in [6.07, 6.45) is 1.78. The van der Waals surface area contributed by atoms with Gasteiger partial charge in [-0.3, -0.25) is 9.48 Å². The second-order valence-corrected chi connectivity index (χ2v) is 5.28. The zero-order chi connectivity index (χ0) is 16.3. The lowest BCUT2D eigenvalue weighted by molar-refractivity contribution is -0.141. The maximum atomic E-state index is 12.1. The number of nitrogens with zero attached hydrogens (tertiary/aromatic N) is 3. The second-order valence-electron chi connectivity index (χ2n) is 5.28. The Bertz CT molecular complexity index is 695. The van der Waals surface area contributed by atoms with Gasteiger partial charge < -0.3 is 15.3 Å². The van der Waals surface area contributed by atoms with Gasteiger partial charge in [0.2, 0.25) is 0 Å². The fourth-order valence-corrected chi connectivity index (χ4v) is 2.19. The predicted molar refractivity (Wildman–Crippen MR) is 83.9 cm³/mol. The number of carboxylic acids is 1. The van der Waals surface area contributed by atoms with E-state index in [0.29, 0.717) is 5.69 Å². The van der Waals surface area contributed by atoms with E-state index in [0.717, 1.165) is 17.4 Å². The molecule has 7 heteroatoms. The summed E-state index contributed by atoms with van der Waals surface area (Å²) in [4.78, 5) is 24.3. The number of hydrogen-bond donors (Lipinski definition) is 2. The molecule has 0 fully saturated rings. The lowest BCUT2D eigenvalue weighted by Gasteiger charge is -2.20. The number of urea groups is 1. The molecule has 22 heavy (non-hydrogen) atoms. The first-order chi connectivity index (χ1) is 10.4. The number of aromatic nitrogens is 2. The molecule has 0 aliphatic heterocycles. The van der Waals surface area contributed by atoms with Gasteiger partial charge in [0, 0.05) is 31.2 Å². The van der Waals surface area contributed by atoms with E-state index in [9.17, 15) is 9.59 Å². The van der Waals surface area contributed by atoms with Crippen LogP contribution in [0, 0.1) is 5.92 Å². The van der Waals surface area contributed by atoms with Crippen molar-refractivity contribution in [2.24, 2.45) is 5.92 Å². The Morgan fingerprint density at radius 3 is 2.82 bits per heavy atom. The first kappa shape index (κ1) is 15.8. The minimum Gasteiger partial charge on any atom is -0.481 e.